The molecular formula is C26H20BrClINO4S. The molecule has 0 radical (unpaired) electrons. The Labute approximate surface area is 235 Å². The predicted molar refractivity (Wildman–Crippen MR) is 152 cm³/mol. The summed E-state index contributed by atoms with van der Waals surface area (Å²) in [5.74, 6) is 0.751. The lowest BCUT2D eigenvalue weighted by Gasteiger charge is -2.15. The summed E-state index contributed by atoms with van der Waals surface area (Å²) in [5, 5.41) is 0.336. The third kappa shape index (κ3) is 6.41. The minimum absolute atomic E-state index is 0.238. The largest absolute Gasteiger partial charge is 0.490 e. The maximum atomic E-state index is 13.0. The molecule has 0 N–H and O–H groups in total. The molecule has 1 heterocycles. The van der Waals surface area contributed by atoms with E-state index >= 15 is 0 Å². The van der Waals surface area contributed by atoms with Crippen molar-refractivity contribution in [2.24, 2.45) is 0 Å². The molecule has 9 heteroatoms. The van der Waals surface area contributed by atoms with Crippen molar-refractivity contribution in [1.29, 1.82) is 0 Å². The molecule has 5 nitrogen and oxygen atoms in total. The molecule has 3 aromatic carbocycles. The van der Waals surface area contributed by atoms with Crippen molar-refractivity contribution in [1.82, 2.24) is 4.90 Å². The fourth-order valence-corrected chi connectivity index (χ4v) is 5.36. The van der Waals surface area contributed by atoms with E-state index < -0.39 is 0 Å². The molecule has 0 aliphatic carbocycles. The number of thioether (sulfide) groups is 1. The number of rotatable bonds is 8. The van der Waals surface area contributed by atoms with Crippen molar-refractivity contribution in [3.05, 3.63) is 95.3 Å². The average Bonchev–Trinajstić information content (AvgIpc) is 3.08. The Morgan fingerprint density at radius 3 is 2.54 bits per heavy atom. The van der Waals surface area contributed by atoms with E-state index in [-0.39, 0.29) is 24.3 Å². The van der Waals surface area contributed by atoms with E-state index in [9.17, 15) is 9.59 Å². The zero-order valence-electron chi connectivity index (χ0n) is 18.6. The van der Waals surface area contributed by atoms with E-state index in [0.29, 0.717) is 38.1 Å². The van der Waals surface area contributed by atoms with E-state index in [0.717, 1.165) is 26.5 Å². The van der Waals surface area contributed by atoms with Crippen LogP contribution in [0.15, 0.2) is 70.0 Å². The van der Waals surface area contributed by atoms with Crippen LogP contribution < -0.4 is 9.47 Å². The van der Waals surface area contributed by atoms with E-state index in [2.05, 4.69) is 38.5 Å². The van der Waals surface area contributed by atoms with Crippen LogP contribution in [0.1, 0.15) is 23.6 Å². The van der Waals surface area contributed by atoms with Gasteiger partial charge in [0.1, 0.15) is 6.61 Å². The minimum Gasteiger partial charge on any atom is -0.490 e. The Morgan fingerprint density at radius 1 is 1.09 bits per heavy atom. The van der Waals surface area contributed by atoms with Gasteiger partial charge in [0.15, 0.2) is 11.5 Å². The van der Waals surface area contributed by atoms with Crippen molar-refractivity contribution < 1.29 is 19.1 Å². The lowest BCUT2D eigenvalue weighted by molar-refractivity contribution is -0.123. The topological polar surface area (TPSA) is 55.8 Å². The third-order valence-corrected chi connectivity index (χ3v) is 7.67. The number of ether oxygens (including phenoxy) is 2. The summed E-state index contributed by atoms with van der Waals surface area (Å²) in [6, 6.07) is 18.8. The normalized spacial score (nSPS) is 14.6. The van der Waals surface area contributed by atoms with Crippen molar-refractivity contribution >= 4 is 79.1 Å². The van der Waals surface area contributed by atoms with E-state index in [1.165, 1.54) is 4.90 Å². The lowest BCUT2D eigenvalue weighted by atomic mass is 10.1. The van der Waals surface area contributed by atoms with Gasteiger partial charge in [-0.2, -0.15) is 0 Å². The summed E-state index contributed by atoms with van der Waals surface area (Å²) >= 11 is 13.0. The quantitative estimate of drug-likeness (QED) is 0.178. The first-order chi connectivity index (χ1) is 16.9. The summed E-state index contributed by atoms with van der Waals surface area (Å²) in [4.78, 5) is 27.2. The molecule has 4 rings (SSSR count). The van der Waals surface area contributed by atoms with Crippen molar-refractivity contribution in [3.8, 4) is 11.5 Å². The summed E-state index contributed by atoms with van der Waals surface area (Å²) in [5.41, 5.74) is 2.47. The highest BCUT2D eigenvalue weighted by molar-refractivity contribution is 14.1. The highest BCUT2D eigenvalue weighted by Crippen LogP contribution is 2.40. The maximum absolute atomic E-state index is 13.0. The SMILES string of the molecule is CCOc1cc(/C=C2\SC(=O)N(Cc3ccc(I)cc3)C2=O)cc(Br)c1OCc1ccccc1Cl. The van der Waals surface area contributed by atoms with Crippen LogP contribution >= 0.6 is 61.9 Å². The fraction of sp³-hybridized carbons (Fsp3) is 0.154. The number of benzene rings is 3. The molecule has 0 unspecified atom stereocenters. The molecule has 1 fully saturated rings. The second-order valence-corrected chi connectivity index (χ2v) is 11.0. The molecule has 1 saturated heterocycles. The number of hydrogen-bond donors (Lipinski definition) is 0. The van der Waals surface area contributed by atoms with Gasteiger partial charge < -0.3 is 9.47 Å². The summed E-state index contributed by atoms with van der Waals surface area (Å²) in [6.07, 6.45) is 1.70. The number of imide groups is 1. The van der Waals surface area contributed by atoms with Gasteiger partial charge in [0.05, 0.1) is 22.5 Å². The van der Waals surface area contributed by atoms with Crippen LogP contribution in [0.5, 0.6) is 11.5 Å². The standard InChI is InChI=1S/C26H20BrClINO4S/c1-2-33-22-12-17(11-20(27)24(22)34-15-18-5-3-4-6-21(18)28)13-23-25(31)30(26(32)35-23)14-16-7-9-19(29)10-8-16/h3-13H,2,14-15H2,1H3/b23-13-. The predicted octanol–water partition coefficient (Wildman–Crippen LogP) is 7.92. The number of carbonyl (C=O) groups excluding carboxylic acids is 2. The van der Waals surface area contributed by atoms with Gasteiger partial charge in [0.2, 0.25) is 0 Å². The summed E-state index contributed by atoms with van der Waals surface area (Å²) in [7, 11) is 0. The van der Waals surface area contributed by atoms with Gasteiger partial charge in [-0.25, -0.2) is 0 Å². The zero-order chi connectivity index (χ0) is 24.9. The van der Waals surface area contributed by atoms with Gasteiger partial charge in [0.25, 0.3) is 11.1 Å². The molecule has 0 atom stereocenters. The molecule has 180 valence electrons. The molecule has 1 aliphatic rings. The van der Waals surface area contributed by atoms with Crippen molar-refractivity contribution in [2.75, 3.05) is 6.61 Å². The average molecular weight is 685 g/mol. The minimum atomic E-state index is -0.313. The van der Waals surface area contributed by atoms with Gasteiger partial charge in [-0.1, -0.05) is 41.9 Å². The molecule has 0 saturated carbocycles. The van der Waals surface area contributed by atoms with E-state index in [1.54, 1.807) is 12.1 Å². The molecule has 35 heavy (non-hydrogen) atoms. The molecule has 2 amide bonds. The molecule has 1 aliphatic heterocycles. The van der Waals surface area contributed by atoms with Gasteiger partial charge in [-0.05, 0) is 105 Å². The Balaban J connectivity index is 1.55. The Bertz CT molecular complexity index is 1300. The van der Waals surface area contributed by atoms with Gasteiger partial charge in [-0.15, -0.1) is 0 Å². The summed E-state index contributed by atoms with van der Waals surface area (Å²) < 4.78 is 13.6. The van der Waals surface area contributed by atoms with Gasteiger partial charge in [-0.3, -0.25) is 14.5 Å². The highest BCUT2D eigenvalue weighted by atomic mass is 127. The van der Waals surface area contributed by atoms with Crippen molar-refractivity contribution in [2.45, 2.75) is 20.1 Å². The van der Waals surface area contributed by atoms with Crippen molar-refractivity contribution in [3.63, 3.8) is 0 Å². The maximum Gasteiger partial charge on any atom is 0.293 e. The Kier molecular flexibility index (Phi) is 8.80. The number of carbonyl (C=O) groups is 2. The highest BCUT2D eigenvalue weighted by Gasteiger charge is 2.35. The monoisotopic (exact) mass is 683 g/mol. The smallest absolute Gasteiger partial charge is 0.293 e. The van der Waals surface area contributed by atoms with Crippen LogP contribution in [0.2, 0.25) is 5.02 Å². The molecule has 0 spiro atoms. The van der Waals surface area contributed by atoms with E-state index in [1.807, 2.05) is 61.5 Å². The Morgan fingerprint density at radius 2 is 1.83 bits per heavy atom. The molecule has 0 bridgehead atoms. The Hall–Kier alpha value is -2.01. The number of amides is 2. The van der Waals surface area contributed by atoms with Crippen LogP contribution in [-0.4, -0.2) is 22.7 Å². The van der Waals surface area contributed by atoms with Crippen LogP contribution in [-0.2, 0) is 17.9 Å². The first-order valence-electron chi connectivity index (χ1n) is 10.7. The first-order valence-corrected chi connectivity index (χ1v) is 13.7. The molecule has 3 aromatic rings. The molecular weight excluding hydrogens is 665 g/mol. The van der Waals surface area contributed by atoms with Crippen LogP contribution in [0.4, 0.5) is 4.79 Å². The number of halogens is 3. The fourth-order valence-electron chi connectivity index (χ4n) is 3.40. The van der Waals surface area contributed by atoms with Gasteiger partial charge in [0, 0.05) is 14.2 Å². The number of nitrogens with zero attached hydrogens (tertiary/aromatic N) is 1. The first kappa shape index (κ1) is 26.1. The second-order valence-electron chi connectivity index (χ2n) is 7.54. The third-order valence-electron chi connectivity index (χ3n) is 5.09. The van der Waals surface area contributed by atoms with Crippen LogP contribution in [0.3, 0.4) is 0 Å². The summed E-state index contributed by atoms with van der Waals surface area (Å²) in [6.45, 7) is 2.83. The number of hydrogen-bond acceptors (Lipinski definition) is 5. The van der Waals surface area contributed by atoms with Gasteiger partial charge >= 0.3 is 0 Å². The van der Waals surface area contributed by atoms with Crippen LogP contribution in [0.25, 0.3) is 6.08 Å². The second kappa shape index (κ2) is 11.8. The lowest BCUT2D eigenvalue weighted by Crippen LogP contribution is -2.27. The van der Waals surface area contributed by atoms with Crippen LogP contribution in [0, 0.1) is 3.57 Å². The molecule has 0 aromatic heterocycles. The zero-order valence-corrected chi connectivity index (χ0v) is 23.9. The van der Waals surface area contributed by atoms with E-state index in [4.69, 9.17) is 21.1 Å².